The zero-order valence-corrected chi connectivity index (χ0v) is 3.57. The van der Waals surface area contributed by atoms with Crippen LogP contribution in [0.25, 0.3) is 0 Å². The molecule has 2 heteroatoms. The first-order valence-corrected chi connectivity index (χ1v) is 2.16. The van der Waals surface area contributed by atoms with Crippen LogP contribution < -0.4 is 0 Å². The predicted octanol–water partition coefficient (Wildman–Crippen LogP) is -0.298. The molecule has 0 aromatic carbocycles. The second kappa shape index (κ2) is 1.01. The van der Waals surface area contributed by atoms with Crippen LogP contribution >= 0.6 is 0 Å². The van der Waals surface area contributed by atoms with Crippen LogP contribution in [0.2, 0.25) is 6.82 Å². The van der Waals surface area contributed by atoms with E-state index in [1.165, 1.54) is 20.5 Å². The van der Waals surface area contributed by atoms with Crippen LogP contribution in [-0.2, 0) is 0 Å². The molecular weight excluding hydrogens is 60.9 g/mol. The fraction of sp³-hybridized carbons (Fsp3) is 1.00. The van der Waals surface area contributed by atoms with Crippen molar-refractivity contribution in [2.45, 2.75) is 6.82 Å². The molecule has 1 heterocycles. The van der Waals surface area contributed by atoms with E-state index in [1.807, 2.05) is 0 Å². The monoisotopic (exact) mass is 69.1 g/mol. The molecular formula is C3H8BN. The highest BCUT2D eigenvalue weighted by molar-refractivity contribution is 6.30. The van der Waals surface area contributed by atoms with Gasteiger partial charge in [-0.25, -0.2) is 0 Å². The zero-order chi connectivity index (χ0) is 3.70. The van der Waals surface area contributed by atoms with Crippen molar-refractivity contribution >= 4 is 7.41 Å². The lowest BCUT2D eigenvalue weighted by Gasteiger charge is -1.78. The maximum atomic E-state index is 2.38. The van der Waals surface area contributed by atoms with Gasteiger partial charge in [-0.05, 0) is 13.1 Å². The molecule has 0 aromatic heterocycles. The number of rotatable bonds is 1. The van der Waals surface area contributed by atoms with Gasteiger partial charge >= 0.3 is 0 Å². The van der Waals surface area contributed by atoms with Crippen molar-refractivity contribution < 1.29 is 0 Å². The zero-order valence-electron chi connectivity index (χ0n) is 3.57. The average Bonchev–Trinajstić information content (AvgIpc) is 2.12. The average molecular weight is 68.9 g/mol. The largest absolute Gasteiger partial charge is 0.343 e. The van der Waals surface area contributed by atoms with Crippen LogP contribution in [0.5, 0.6) is 0 Å². The summed E-state index contributed by atoms with van der Waals surface area (Å²) in [7, 11) is 1.25. The van der Waals surface area contributed by atoms with Gasteiger partial charge in [0.2, 0.25) is 7.41 Å². The van der Waals surface area contributed by atoms with E-state index in [2.05, 4.69) is 11.6 Å². The van der Waals surface area contributed by atoms with Crippen LogP contribution in [0, 0.1) is 0 Å². The van der Waals surface area contributed by atoms with Crippen molar-refractivity contribution in [3.63, 3.8) is 0 Å². The Hall–Kier alpha value is 0.0249. The van der Waals surface area contributed by atoms with Crippen LogP contribution in [0.3, 0.4) is 0 Å². The quantitative estimate of drug-likeness (QED) is 0.302. The summed E-state index contributed by atoms with van der Waals surface area (Å²) in [5.41, 5.74) is 0. The number of nitrogens with zero attached hydrogens (tertiary/aromatic N) is 1. The highest BCUT2D eigenvalue weighted by Gasteiger charge is 2.12. The minimum Gasteiger partial charge on any atom is -0.343 e. The molecule has 1 rings (SSSR count). The second-order valence-corrected chi connectivity index (χ2v) is 1.43. The van der Waals surface area contributed by atoms with Crippen molar-refractivity contribution in [2.75, 3.05) is 13.1 Å². The van der Waals surface area contributed by atoms with Crippen LogP contribution in [0.15, 0.2) is 0 Å². The summed E-state index contributed by atoms with van der Waals surface area (Å²) >= 11 is 0. The molecule has 0 unspecified atom stereocenters. The van der Waals surface area contributed by atoms with E-state index in [9.17, 15) is 0 Å². The third-order valence-corrected chi connectivity index (χ3v) is 0.987. The summed E-state index contributed by atoms with van der Waals surface area (Å²) in [6.07, 6.45) is 0. The lowest BCUT2D eigenvalue weighted by Crippen LogP contribution is -1.95. The molecule has 1 saturated heterocycles. The third kappa shape index (κ3) is 0.654. The maximum Gasteiger partial charge on any atom is 0.201 e. The van der Waals surface area contributed by atoms with E-state index in [0.29, 0.717) is 0 Å². The van der Waals surface area contributed by atoms with Crippen LogP contribution in [0.1, 0.15) is 0 Å². The molecule has 1 nitrogen and oxygen atoms in total. The molecule has 0 amide bonds. The fourth-order valence-electron chi connectivity index (χ4n) is 0.387. The van der Waals surface area contributed by atoms with Gasteiger partial charge in [-0.3, -0.25) is 0 Å². The summed E-state index contributed by atoms with van der Waals surface area (Å²) in [4.78, 5) is 2.38. The van der Waals surface area contributed by atoms with Gasteiger partial charge in [0.1, 0.15) is 0 Å². The molecule has 0 aromatic rings. The Morgan fingerprint density at radius 1 is 1.60 bits per heavy atom. The number of hydrogen-bond acceptors (Lipinski definition) is 1. The SMILES string of the molecule is CBN1CC1. The molecule has 0 spiro atoms. The second-order valence-electron chi connectivity index (χ2n) is 1.43. The summed E-state index contributed by atoms with van der Waals surface area (Å²) in [5, 5.41) is 0. The Labute approximate surface area is 33.2 Å². The van der Waals surface area contributed by atoms with Gasteiger partial charge in [-0.2, -0.15) is 0 Å². The molecule has 1 fully saturated rings. The van der Waals surface area contributed by atoms with E-state index in [-0.39, 0.29) is 0 Å². The Morgan fingerprint density at radius 3 is 2.20 bits per heavy atom. The van der Waals surface area contributed by atoms with Gasteiger partial charge in [0.15, 0.2) is 0 Å². The van der Waals surface area contributed by atoms with Gasteiger partial charge in [-0.15, -0.1) is 0 Å². The van der Waals surface area contributed by atoms with Gasteiger partial charge in [0.05, 0.1) is 0 Å². The van der Waals surface area contributed by atoms with Crippen LogP contribution in [0.4, 0.5) is 0 Å². The van der Waals surface area contributed by atoms with E-state index >= 15 is 0 Å². The first-order valence-electron chi connectivity index (χ1n) is 2.16. The van der Waals surface area contributed by atoms with E-state index in [4.69, 9.17) is 0 Å². The lowest BCUT2D eigenvalue weighted by atomic mass is 10.0. The molecule has 0 N–H and O–H groups in total. The van der Waals surface area contributed by atoms with Crippen LogP contribution in [-0.4, -0.2) is 25.3 Å². The first kappa shape index (κ1) is 3.22. The highest BCUT2D eigenvalue weighted by atomic mass is 15.2. The molecule has 0 bridgehead atoms. The molecule has 1 aliphatic heterocycles. The van der Waals surface area contributed by atoms with E-state index in [1.54, 1.807) is 0 Å². The molecule has 0 aliphatic carbocycles. The fourth-order valence-corrected chi connectivity index (χ4v) is 0.387. The van der Waals surface area contributed by atoms with Gasteiger partial charge in [0, 0.05) is 0 Å². The standard InChI is InChI=1S/C3H8BN/c1-4-5-2-3-5/h4H,2-3H2,1H3. The number of hydrogen-bond donors (Lipinski definition) is 0. The summed E-state index contributed by atoms with van der Waals surface area (Å²) in [5.74, 6) is 0. The minimum atomic E-state index is 1.25. The molecule has 0 saturated carbocycles. The summed E-state index contributed by atoms with van der Waals surface area (Å²) in [6, 6.07) is 0. The van der Waals surface area contributed by atoms with Gasteiger partial charge in [0.25, 0.3) is 0 Å². The lowest BCUT2D eigenvalue weighted by molar-refractivity contribution is 0.904. The molecule has 0 atom stereocenters. The highest BCUT2D eigenvalue weighted by Crippen LogP contribution is 1.96. The van der Waals surface area contributed by atoms with Crippen molar-refractivity contribution in [2.24, 2.45) is 0 Å². The normalized spacial score (nSPS) is 22.6. The topological polar surface area (TPSA) is 3.01 Å². The summed E-state index contributed by atoms with van der Waals surface area (Å²) in [6.45, 7) is 4.88. The molecule has 5 heavy (non-hydrogen) atoms. The van der Waals surface area contributed by atoms with Crippen molar-refractivity contribution in [3.05, 3.63) is 0 Å². The first-order chi connectivity index (χ1) is 2.43. The van der Waals surface area contributed by atoms with Gasteiger partial charge in [-0.1, -0.05) is 6.82 Å². The van der Waals surface area contributed by atoms with Crippen molar-refractivity contribution in [1.29, 1.82) is 0 Å². The van der Waals surface area contributed by atoms with Gasteiger partial charge < -0.3 is 4.81 Å². The molecule has 1 aliphatic rings. The smallest absolute Gasteiger partial charge is 0.201 e. The predicted molar refractivity (Wildman–Crippen MR) is 24.6 cm³/mol. The Morgan fingerprint density at radius 2 is 2.20 bits per heavy atom. The third-order valence-electron chi connectivity index (χ3n) is 0.987. The Kier molecular flexibility index (Phi) is 0.654. The van der Waals surface area contributed by atoms with E-state index < -0.39 is 0 Å². The maximum absolute atomic E-state index is 2.38. The molecule has 28 valence electrons. The van der Waals surface area contributed by atoms with E-state index in [0.717, 1.165) is 0 Å². The Bertz CT molecular complexity index is 33.9. The van der Waals surface area contributed by atoms with Crippen molar-refractivity contribution in [1.82, 2.24) is 4.81 Å². The Balaban J connectivity index is 2.00. The summed E-state index contributed by atoms with van der Waals surface area (Å²) < 4.78 is 0. The molecule has 0 radical (unpaired) electrons. The minimum absolute atomic E-state index is 1.25. The van der Waals surface area contributed by atoms with Crippen molar-refractivity contribution in [3.8, 4) is 0 Å².